The van der Waals surface area contributed by atoms with Crippen LogP contribution in [0, 0.1) is 0 Å². The SMILES string of the molecule is O=C(OCc1cccc2ccccc12)c1ccc2c(c1)C(=O)N(Cc1ccccc1)C2=O. The maximum Gasteiger partial charge on any atom is 0.338 e. The maximum atomic E-state index is 12.9. The molecule has 1 aliphatic rings. The van der Waals surface area contributed by atoms with E-state index in [1.165, 1.54) is 23.1 Å². The molecule has 2 amide bonds. The number of hydrogen-bond donors (Lipinski definition) is 0. The summed E-state index contributed by atoms with van der Waals surface area (Å²) >= 11 is 0. The van der Waals surface area contributed by atoms with Crippen molar-refractivity contribution in [1.82, 2.24) is 4.90 Å². The van der Waals surface area contributed by atoms with Crippen LogP contribution in [0.15, 0.2) is 91.0 Å². The summed E-state index contributed by atoms with van der Waals surface area (Å²) in [7, 11) is 0. The summed E-state index contributed by atoms with van der Waals surface area (Å²) in [5, 5.41) is 2.09. The molecule has 0 radical (unpaired) electrons. The summed E-state index contributed by atoms with van der Waals surface area (Å²) in [5.74, 6) is -1.30. The third-order valence-corrected chi connectivity index (χ3v) is 5.63. The van der Waals surface area contributed by atoms with Gasteiger partial charge in [-0.25, -0.2) is 4.79 Å². The number of imide groups is 1. The molecule has 1 aliphatic heterocycles. The van der Waals surface area contributed by atoms with E-state index in [1.54, 1.807) is 0 Å². The quantitative estimate of drug-likeness (QED) is 0.336. The number of benzene rings is 4. The van der Waals surface area contributed by atoms with Crippen LogP contribution < -0.4 is 0 Å². The van der Waals surface area contributed by atoms with Crippen molar-refractivity contribution in [3.63, 3.8) is 0 Å². The van der Waals surface area contributed by atoms with Gasteiger partial charge in [0.2, 0.25) is 0 Å². The van der Waals surface area contributed by atoms with Crippen LogP contribution in [-0.2, 0) is 17.9 Å². The van der Waals surface area contributed by atoms with Gasteiger partial charge in [-0.3, -0.25) is 14.5 Å². The topological polar surface area (TPSA) is 63.7 Å². The lowest BCUT2D eigenvalue weighted by Crippen LogP contribution is -2.29. The molecular weight excluding hydrogens is 402 g/mol. The molecule has 0 unspecified atom stereocenters. The average Bonchev–Trinajstić information content (AvgIpc) is 3.07. The molecule has 5 heteroatoms. The lowest BCUT2D eigenvalue weighted by atomic mass is 10.0. The Morgan fingerprint density at radius 3 is 2.31 bits per heavy atom. The van der Waals surface area contributed by atoms with Crippen molar-refractivity contribution in [2.75, 3.05) is 0 Å². The molecule has 0 saturated carbocycles. The molecule has 0 atom stereocenters. The molecule has 1 heterocycles. The number of carbonyl (C=O) groups excluding carboxylic acids is 3. The first kappa shape index (κ1) is 19.7. The second-order valence-electron chi connectivity index (χ2n) is 7.66. The third kappa shape index (κ3) is 3.54. The Morgan fingerprint density at radius 1 is 0.750 bits per heavy atom. The molecule has 4 aromatic rings. The van der Waals surface area contributed by atoms with Crippen molar-refractivity contribution in [2.45, 2.75) is 13.2 Å². The number of hydrogen-bond acceptors (Lipinski definition) is 4. The van der Waals surface area contributed by atoms with Gasteiger partial charge in [-0.15, -0.1) is 0 Å². The van der Waals surface area contributed by atoms with Gasteiger partial charge in [0.05, 0.1) is 23.2 Å². The van der Waals surface area contributed by atoms with Crippen molar-refractivity contribution in [3.8, 4) is 0 Å². The van der Waals surface area contributed by atoms with E-state index in [9.17, 15) is 14.4 Å². The fraction of sp³-hybridized carbons (Fsp3) is 0.0741. The lowest BCUT2D eigenvalue weighted by Gasteiger charge is -2.13. The molecule has 5 nitrogen and oxygen atoms in total. The molecule has 156 valence electrons. The number of esters is 1. The molecule has 0 aromatic heterocycles. The van der Waals surface area contributed by atoms with Gasteiger partial charge in [-0.2, -0.15) is 0 Å². The Morgan fingerprint density at radius 2 is 1.47 bits per heavy atom. The summed E-state index contributed by atoms with van der Waals surface area (Å²) in [4.78, 5) is 39.5. The Balaban J connectivity index is 1.34. The molecule has 0 fully saturated rings. The van der Waals surface area contributed by atoms with Crippen LogP contribution in [0.25, 0.3) is 10.8 Å². The number of rotatable bonds is 5. The van der Waals surface area contributed by atoms with Crippen LogP contribution in [0.2, 0.25) is 0 Å². The van der Waals surface area contributed by atoms with E-state index in [0.717, 1.165) is 21.9 Å². The highest BCUT2D eigenvalue weighted by atomic mass is 16.5. The fourth-order valence-electron chi connectivity index (χ4n) is 3.97. The smallest absolute Gasteiger partial charge is 0.338 e. The second kappa shape index (κ2) is 8.12. The summed E-state index contributed by atoms with van der Waals surface area (Å²) in [6.07, 6.45) is 0. The molecule has 4 aromatic carbocycles. The lowest BCUT2D eigenvalue weighted by molar-refractivity contribution is 0.0474. The monoisotopic (exact) mass is 421 g/mol. The molecule has 5 rings (SSSR count). The fourth-order valence-corrected chi connectivity index (χ4v) is 3.97. The summed E-state index contributed by atoms with van der Waals surface area (Å²) in [5.41, 5.74) is 2.53. The predicted molar refractivity (Wildman–Crippen MR) is 120 cm³/mol. The first-order valence-electron chi connectivity index (χ1n) is 10.3. The summed E-state index contributed by atoms with van der Waals surface area (Å²) in [6, 6.07) is 27.6. The Hall–Kier alpha value is -4.25. The third-order valence-electron chi connectivity index (χ3n) is 5.63. The van der Waals surface area contributed by atoms with Crippen LogP contribution in [0.5, 0.6) is 0 Å². The van der Waals surface area contributed by atoms with E-state index in [4.69, 9.17) is 4.74 Å². The maximum absolute atomic E-state index is 12.9. The molecule has 0 aliphatic carbocycles. The highest BCUT2D eigenvalue weighted by molar-refractivity contribution is 6.21. The van der Waals surface area contributed by atoms with E-state index in [0.29, 0.717) is 5.56 Å². The average molecular weight is 421 g/mol. The van der Waals surface area contributed by atoms with Gasteiger partial charge < -0.3 is 4.74 Å². The highest BCUT2D eigenvalue weighted by Gasteiger charge is 2.36. The highest BCUT2D eigenvalue weighted by Crippen LogP contribution is 2.26. The van der Waals surface area contributed by atoms with Crippen molar-refractivity contribution >= 4 is 28.6 Å². The largest absolute Gasteiger partial charge is 0.457 e. The van der Waals surface area contributed by atoms with Crippen molar-refractivity contribution < 1.29 is 19.1 Å². The van der Waals surface area contributed by atoms with E-state index >= 15 is 0 Å². The molecule has 0 spiro atoms. The van der Waals surface area contributed by atoms with Gasteiger partial charge in [0, 0.05) is 0 Å². The molecule has 0 saturated heterocycles. The number of nitrogens with zero attached hydrogens (tertiary/aromatic N) is 1. The Kier molecular flexibility index (Phi) is 5.00. The zero-order valence-electron chi connectivity index (χ0n) is 17.2. The standard InChI is InChI=1S/C27H19NO4/c29-25-23-14-13-20(15-24(23)26(30)28(25)16-18-7-2-1-3-8-18)27(31)32-17-21-11-6-10-19-9-4-5-12-22(19)21/h1-15H,16-17H2. The molecule has 0 N–H and O–H groups in total. The first-order valence-corrected chi connectivity index (χ1v) is 10.3. The second-order valence-corrected chi connectivity index (χ2v) is 7.66. The molecular formula is C27H19NO4. The summed E-state index contributed by atoms with van der Waals surface area (Å²) < 4.78 is 5.52. The minimum Gasteiger partial charge on any atom is -0.457 e. The van der Waals surface area contributed by atoms with Crippen LogP contribution in [0.1, 0.15) is 42.2 Å². The van der Waals surface area contributed by atoms with Crippen molar-refractivity contribution in [3.05, 3.63) is 119 Å². The Bertz CT molecular complexity index is 1360. The van der Waals surface area contributed by atoms with E-state index in [2.05, 4.69) is 0 Å². The van der Waals surface area contributed by atoms with Gasteiger partial charge in [0.1, 0.15) is 6.61 Å². The number of ether oxygens (including phenoxy) is 1. The normalized spacial score (nSPS) is 12.8. The zero-order valence-corrected chi connectivity index (χ0v) is 17.2. The van der Waals surface area contributed by atoms with Gasteiger partial charge in [0.25, 0.3) is 11.8 Å². The number of fused-ring (bicyclic) bond motifs is 2. The number of carbonyl (C=O) groups is 3. The van der Waals surface area contributed by atoms with Crippen molar-refractivity contribution in [1.29, 1.82) is 0 Å². The van der Waals surface area contributed by atoms with Crippen LogP contribution in [-0.4, -0.2) is 22.7 Å². The minimum absolute atomic E-state index is 0.115. The van der Waals surface area contributed by atoms with Gasteiger partial charge in [0.15, 0.2) is 0 Å². The predicted octanol–water partition coefficient (Wildman–Crippen LogP) is 4.99. The molecule has 0 bridgehead atoms. The van der Waals surface area contributed by atoms with E-state index in [1.807, 2.05) is 72.8 Å². The zero-order chi connectivity index (χ0) is 22.1. The van der Waals surface area contributed by atoms with E-state index < -0.39 is 11.9 Å². The number of amides is 2. The van der Waals surface area contributed by atoms with Gasteiger partial charge in [-0.1, -0.05) is 72.8 Å². The van der Waals surface area contributed by atoms with Crippen molar-refractivity contribution in [2.24, 2.45) is 0 Å². The van der Waals surface area contributed by atoms with E-state index in [-0.39, 0.29) is 30.2 Å². The Labute approximate surface area is 184 Å². The van der Waals surface area contributed by atoms with Gasteiger partial charge in [-0.05, 0) is 40.1 Å². The first-order chi connectivity index (χ1) is 15.6. The van der Waals surface area contributed by atoms with Crippen LogP contribution in [0.4, 0.5) is 0 Å². The van der Waals surface area contributed by atoms with Crippen LogP contribution in [0.3, 0.4) is 0 Å². The molecule has 32 heavy (non-hydrogen) atoms. The minimum atomic E-state index is -0.539. The van der Waals surface area contributed by atoms with Crippen LogP contribution >= 0.6 is 0 Å². The summed E-state index contributed by atoms with van der Waals surface area (Å²) in [6.45, 7) is 0.304. The van der Waals surface area contributed by atoms with Gasteiger partial charge >= 0.3 is 5.97 Å².